The van der Waals surface area contributed by atoms with Gasteiger partial charge in [-0.1, -0.05) is 270 Å². The summed E-state index contributed by atoms with van der Waals surface area (Å²) in [7, 11) is 0. The molecule has 0 aromatic heterocycles. The molecule has 3 heteroatoms. The van der Waals surface area contributed by atoms with E-state index < -0.39 is 0 Å². The SMILES string of the molecule is CCCCCCCCCCCCCCCCCCCCCCC#CCCc1ccccc1C(=C(CCCC)C(=C=[N+]=[N-])CCCCCC)c1cccc(CCCCCC)c1.[CH2-]CCC.[CH2-]CCC.[Pd+2]. The Hall–Kier alpha value is -2.44. The van der Waals surface area contributed by atoms with Crippen LogP contribution in [0.15, 0.2) is 59.7 Å². The van der Waals surface area contributed by atoms with Crippen LogP contribution in [0.1, 0.15) is 308 Å². The first-order chi connectivity index (χ1) is 33.5. The molecule has 0 aliphatic heterocycles. The molecular weight excluding hydrogens is 927 g/mol. The number of aryl methyl sites for hydroxylation is 2. The number of rotatable bonds is 40. The molecule has 2 aromatic rings. The molecule has 0 radical (unpaired) electrons. The van der Waals surface area contributed by atoms with E-state index >= 15 is 0 Å². The summed E-state index contributed by atoms with van der Waals surface area (Å²) in [4.78, 5) is 3.53. The summed E-state index contributed by atoms with van der Waals surface area (Å²) < 4.78 is 0. The minimum absolute atomic E-state index is 0. The normalized spacial score (nSPS) is 10.8. The second kappa shape index (κ2) is 54.9. The molecule has 0 atom stereocenters. The van der Waals surface area contributed by atoms with Crippen molar-refractivity contribution in [1.82, 2.24) is 0 Å². The molecule has 0 amide bonds. The summed E-state index contributed by atoms with van der Waals surface area (Å²) in [5.41, 5.74) is 18.9. The number of unbranched alkanes of at least 4 members (excludes halogenated alkanes) is 29. The van der Waals surface area contributed by atoms with E-state index in [0.29, 0.717) is 0 Å². The number of hydrogen-bond acceptors (Lipinski definition) is 0. The van der Waals surface area contributed by atoms with Gasteiger partial charge in [0.15, 0.2) is 0 Å². The Balaban J connectivity index is 0. The van der Waals surface area contributed by atoms with Crippen molar-refractivity contribution in [3.05, 3.63) is 101 Å². The topological polar surface area (TPSA) is 36.4 Å². The summed E-state index contributed by atoms with van der Waals surface area (Å²) in [5, 5.41) is 0. The molecule has 69 heavy (non-hydrogen) atoms. The maximum atomic E-state index is 9.88. The second-order valence-corrected chi connectivity index (χ2v) is 19.7. The van der Waals surface area contributed by atoms with Gasteiger partial charge in [-0.15, -0.1) is 16.6 Å². The average molecular weight is 1040 g/mol. The van der Waals surface area contributed by atoms with Gasteiger partial charge in [0.2, 0.25) is 0 Å². The summed E-state index contributed by atoms with van der Waals surface area (Å²) in [5.74, 6) is 10.2. The molecule has 0 aliphatic rings. The minimum Gasteiger partial charge on any atom is -0.348 e. The average Bonchev–Trinajstić information content (AvgIpc) is 3.37. The smallest absolute Gasteiger partial charge is 0.348 e. The van der Waals surface area contributed by atoms with Gasteiger partial charge in [-0.3, -0.25) is 0 Å². The molecule has 2 rings (SSSR count). The van der Waals surface area contributed by atoms with Crippen LogP contribution in [0.2, 0.25) is 0 Å². The van der Waals surface area contributed by atoms with Crippen molar-refractivity contribution in [1.29, 1.82) is 0 Å². The molecule has 0 N–H and O–H groups in total. The zero-order chi connectivity index (χ0) is 49.8. The number of allylic oxidation sites excluding steroid dienone is 2. The van der Waals surface area contributed by atoms with Crippen molar-refractivity contribution < 1.29 is 25.2 Å². The van der Waals surface area contributed by atoms with Crippen molar-refractivity contribution >= 4 is 11.4 Å². The molecule has 0 spiro atoms. The zero-order valence-corrected chi connectivity index (χ0v) is 48.1. The van der Waals surface area contributed by atoms with Crippen molar-refractivity contribution in [3.8, 4) is 11.8 Å². The third-order valence-electron chi connectivity index (χ3n) is 13.2. The summed E-state index contributed by atoms with van der Waals surface area (Å²) in [6.45, 7) is 20.6. The first-order valence-electron chi connectivity index (χ1n) is 29.4. The first kappa shape index (κ1) is 68.6. The summed E-state index contributed by atoms with van der Waals surface area (Å²) >= 11 is 0. The van der Waals surface area contributed by atoms with Crippen molar-refractivity contribution in [2.45, 2.75) is 298 Å². The fourth-order valence-corrected chi connectivity index (χ4v) is 8.80. The molecule has 0 saturated heterocycles. The van der Waals surface area contributed by atoms with Crippen LogP contribution in [0.4, 0.5) is 0 Å². The monoisotopic (exact) mass is 1040 g/mol. The van der Waals surface area contributed by atoms with Crippen molar-refractivity contribution in [3.63, 3.8) is 0 Å². The maximum Gasteiger partial charge on any atom is 2.00 e. The van der Waals surface area contributed by atoms with Gasteiger partial charge < -0.3 is 19.4 Å². The molecule has 0 unspecified atom stereocenters. The van der Waals surface area contributed by atoms with E-state index in [4.69, 9.17) is 0 Å². The van der Waals surface area contributed by atoms with E-state index in [9.17, 15) is 5.53 Å². The van der Waals surface area contributed by atoms with Crippen LogP contribution in [0.25, 0.3) is 11.1 Å². The van der Waals surface area contributed by atoms with Crippen molar-refractivity contribution in [2.75, 3.05) is 0 Å². The van der Waals surface area contributed by atoms with E-state index in [1.807, 2.05) is 0 Å². The van der Waals surface area contributed by atoms with Crippen LogP contribution in [0, 0.1) is 25.7 Å². The minimum atomic E-state index is 0. The summed E-state index contributed by atoms with van der Waals surface area (Å²) in [6, 6.07) is 18.3. The molecule has 2 nitrogen and oxygen atoms in total. The van der Waals surface area contributed by atoms with E-state index in [1.165, 1.54) is 220 Å². The Labute approximate surface area is 445 Å². The van der Waals surface area contributed by atoms with Crippen molar-refractivity contribution in [2.24, 2.45) is 0 Å². The predicted molar refractivity (Wildman–Crippen MR) is 306 cm³/mol. The Bertz CT molecular complexity index is 1590. The van der Waals surface area contributed by atoms with Gasteiger partial charge in [0, 0.05) is 12.8 Å². The van der Waals surface area contributed by atoms with E-state index in [-0.39, 0.29) is 20.4 Å². The first-order valence-corrected chi connectivity index (χ1v) is 29.4. The van der Waals surface area contributed by atoms with Crippen LogP contribution in [-0.4, -0.2) is 10.7 Å². The maximum absolute atomic E-state index is 9.88. The molecule has 0 aliphatic carbocycles. The van der Waals surface area contributed by atoms with Gasteiger partial charge in [0.25, 0.3) is 0 Å². The van der Waals surface area contributed by atoms with Gasteiger partial charge in [-0.05, 0) is 84.8 Å². The fourth-order valence-electron chi connectivity index (χ4n) is 8.80. The van der Waals surface area contributed by atoms with Crippen LogP contribution in [0.5, 0.6) is 0 Å². The quantitative estimate of drug-likeness (QED) is 0.00932. The van der Waals surface area contributed by atoms with Crippen LogP contribution in [0.3, 0.4) is 0 Å². The molecule has 0 heterocycles. The molecule has 0 bridgehead atoms. The summed E-state index contributed by atoms with van der Waals surface area (Å²) in [6.07, 6.45) is 50.7. The molecule has 394 valence electrons. The number of benzene rings is 2. The Morgan fingerprint density at radius 3 is 1.41 bits per heavy atom. The third kappa shape index (κ3) is 39.8. The van der Waals surface area contributed by atoms with E-state index in [2.05, 4.69) is 126 Å². The second-order valence-electron chi connectivity index (χ2n) is 19.7. The number of nitrogens with zero attached hydrogens (tertiary/aromatic N) is 2. The van der Waals surface area contributed by atoms with Gasteiger partial charge in [0.05, 0.1) is 5.57 Å². The Kier molecular flexibility index (Phi) is 54.6. The van der Waals surface area contributed by atoms with Crippen LogP contribution < -0.4 is 0 Å². The third-order valence-corrected chi connectivity index (χ3v) is 13.2. The fraction of sp³-hybridized carbons (Fsp3) is 0.697. The van der Waals surface area contributed by atoms with Gasteiger partial charge in [-0.25, -0.2) is 0 Å². The molecule has 0 fully saturated rings. The van der Waals surface area contributed by atoms with Gasteiger partial charge in [-0.2, -0.15) is 12.8 Å². The standard InChI is InChI=1S/C58H92N2.2C4H9.Pd/c1-5-9-13-16-17-18-19-20-21-22-23-24-25-26-27-28-29-30-31-32-33-34-35-38-44-53-45-39-40-49-56(53)58(54-47-41-43-52(50-54)42-36-14-10-6-2)57(48-12-8-4)55(51-60-59)46-37-15-11-7-3;2*1-3-4-2;/h39-41,43,45,47,49-50H,5-33,36-38,42,44,46,48H2,1-4H3;2*1,3-4H2,2H3;/q;2*-1;+2. The molecular formula is C66H110N2Pd. The Morgan fingerprint density at radius 1 is 0.464 bits per heavy atom. The largest absolute Gasteiger partial charge is 2.00 e. The van der Waals surface area contributed by atoms with Crippen LogP contribution in [-0.2, 0) is 33.3 Å². The van der Waals surface area contributed by atoms with Gasteiger partial charge in [0.1, 0.15) is 0 Å². The van der Waals surface area contributed by atoms with Crippen LogP contribution >= 0.6 is 0 Å². The number of hydrogen-bond donors (Lipinski definition) is 0. The Morgan fingerprint density at radius 2 is 0.913 bits per heavy atom. The molecule has 0 saturated carbocycles. The van der Waals surface area contributed by atoms with Gasteiger partial charge >= 0.3 is 26.3 Å². The van der Waals surface area contributed by atoms with E-state index in [0.717, 1.165) is 76.2 Å². The zero-order valence-electron chi connectivity index (χ0n) is 46.5. The van der Waals surface area contributed by atoms with E-state index in [1.54, 1.807) is 0 Å². The predicted octanol–water partition coefficient (Wildman–Crippen LogP) is 22.0. The molecule has 2 aromatic carbocycles.